The molecule has 0 radical (unpaired) electrons. The molecule has 0 unspecified atom stereocenters. The standard InChI is InChI=1S/C18H17N3O4S/c22-18(23)12-14-6-8-15(9-7-14)13-20-26(24,25)17-10-11-19-21(17)16-4-2-1-3-5-16/h1-11,20H,12-13H2,(H,22,23). The van der Waals surface area contributed by atoms with Crippen LogP contribution in [0.25, 0.3) is 5.69 Å². The molecule has 0 aliphatic carbocycles. The third-order valence-corrected chi connectivity index (χ3v) is 5.11. The number of hydrogen-bond acceptors (Lipinski definition) is 4. The highest BCUT2D eigenvalue weighted by atomic mass is 32.2. The van der Waals surface area contributed by atoms with Gasteiger partial charge in [0.25, 0.3) is 10.0 Å². The van der Waals surface area contributed by atoms with Crippen LogP contribution in [0.5, 0.6) is 0 Å². The van der Waals surface area contributed by atoms with Gasteiger partial charge in [0.05, 0.1) is 18.3 Å². The molecule has 134 valence electrons. The smallest absolute Gasteiger partial charge is 0.307 e. The number of rotatable bonds is 7. The van der Waals surface area contributed by atoms with Crippen molar-refractivity contribution in [2.45, 2.75) is 18.0 Å². The number of nitrogens with one attached hydrogen (secondary N) is 1. The van der Waals surface area contributed by atoms with Crippen LogP contribution in [-0.4, -0.2) is 29.3 Å². The van der Waals surface area contributed by atoms with Crippen molar-refractivity contribution >= 4 is 16.0 Å². The third kappa shape index (κ3) is 4.16. The first-order chi connectivity index (χ1) is 12.5. The highest BCUT2D eigenvalue weighted by molar-refractivity contribution is 7.89. The maximum absolute atomic E-state index is 12.6. The van der Waals surface area contributed by atoms with Gasteiger partial charge in [0.15, 0.2) is 5.03 Å². The number of hydrogen-bond donors (Lipinski definition) is 2. The van der Waals surface area contributed by atoms with Gasteiger partial charge in [-0.3, -0.25) is 4.79 Å². The Bertz CT molecular complexity index is 996. The second-order valence-corrected chi connectivity index (χ2v) is 7.34. The number of aromatic nitrogens is 2. The van der Waals surface area contributed by atoms with E-state index in [1.165, 1.54) is 16.9 Å². The molecule has 0 spiro atoms. The van der Waals surface area contributed by atoms with Gasteiger partial charge in [-0.05, 0) is 29.3 Å². The fourth-order valence-corrected chi connectivity index (χ4v) is 3.58. The van der Waals surface area contributed by atoms with Crippen LogP contribution >= 0.6 is 0 Å². The highest BCUT2D eigenvalue weighted by Gasteiger charge is 2.20. The Hall–Kier alpha value is -2.97. The Morgan fingerprint density at radius 3 is 2.31 bits per heavy atom. The molecule has 0 atom stereocenters. The average Bonchev–Trinajstić information content (AvgIpc) is 3.12. The highest BCUT2D eigenvalue weighted by Crippen LogP contribution is 2.15. The van der Waals surface area contributed by atoms with Gasteiger partial charge in [0, 0.05) is 6.54 Å². The van der Waals surface area contributed by atoms with E-state index < -0.39 is 16.0 Å². The van der Waals surface area contributed by atoms with Crippen molar-refractivity contribution in [3.05, 3.63) is 78.0 Å². The molecular formula is C18H17N3O4S. The molecule has 0 aliphatic rings. The molecule has 0 aliphatic heterocycles. The van der Waals surface area contributed by atoms with Gasteiger partial charge in [0.1, 0.15) is 0 Å². The Kier molecular flexibility index (Phi) is 5.15. The minimum atomic E-state index is -3.77. The lowest BCUT2D eigenvalue weighted by molar-refractivity contribution is -0.136. The van der Waals surface area contributed by atoms with Crippen molar-refractivity contribution in [2.75, 3.05) is 0 Å². The molecular weight excluding hydrogens is 354 g/mol. The van der Waals surface area contributed by atoms with Gasteiger partial charge < -0.3 is 5.11 Å². The van der Waals surface area contributed by atoms with Crippen LogP contribution in [-0.2, 0) is 27.8 Å². The van der Waals surface area contributed by atoms with E-state index in [0.29, 0.717) is 11.3 Å². The van der Waals surface area contributed by atoms with Gasteiger partial charge in [-0.15, -0.1) is 0 Å². The molecule has 26 heavy (non-hydrogen) atoms. The van der Waals surface area contributed by atoms with Gasteiger partial charge >= 0.3 is 5.97 Å². The normalized spacial score (nSPS) is 11.4. The van der Waals surface area contributed by atoms with Crippen LogP contribution in [0.4, 0.5) is 0 Å². The number of benzene rings is 2. The molecule has 0 bridgehead atoms. The van der Waals surface area contributed by atoms with Crippen LogP contribution in [0, 0.1) is 0 Å². The lowest BCUT2D eigenvalue weighted by Crippen LogP contribution is -2.25. The second-order valence-electron chi connectivity index (χ2n) is 5.63. The SMILES string of the molecule is O=C(O)Cc1ccc(CNS(=O)(=O)c2ccnn2-c2ccccc2)cc1. The van der Waals surface area contributed by atoms with Gasteiger partial charge in [-0.1, -0.05) is 42.5 Å². The second kappa shape index (κ2) is 7.51. The van der Waals surface area contributed by atoms with Crippen molar-refractivity contribution in [1.29, 1.82) is 0 Å². The van der Waals surface area contributed by atoms with E-state index in [-0.39, 0.29) is 18.0 Å². The molecule has 1 heterocycles. The van der Waals surface area contributed by atoms with Gasteiger partial charge in [0.2, 0.25) is 0 Å². The summed E-state index contributed by atoms with van der Waals surface area (Å²) in [7, 11) is -3.77. The predicted octanol–water partition coefficient (Wildman–Crippen LogP) is 1.98. The fourth-order valence-electron chi connectivity index (χ4n) is 2.46. The van der Waals surface area contributed by atoms with E-state index in [9.17, 15) is 13.2 Å². The first-order valence-electron chi connectivity index (χ1n) is 7.84. The molecule has 1 aromatic heterocycles. The molecule has 0 saturated heterocycles. The fraction of sp³-hybridized carbons (Fsp3) is 0.111. The number of para-hydroxylation sites is 1. The molecule has 7 nitrogen and oxygen atoms in total. The lowest BCUT2D eigenvalue weighted by Gasteiger charge is -2.10. The molecule has 3 aromatic rings. The average molecular weight is 371 g/mol. The van der Waals surface area contributed by atoms with Crippen LogP contribution in [0.1, 0.15) is 11.1 Å². The van der Waals surface area contributed by atoms with Gasteiger partial charge in [-0.25, -0.2) is 17.8 Å². The Balaban J connectivity index is 1.74. The molecule has 2 aromatic carbocycles. The number of carbonyl (C=O) groups is 1. The monoisotopic (exact) mass is 371 g/mol. The zero-order chi connectivity index (χ0) is 18.6. The molecule has 2 N–H and O–H groups in total. The summed E-state index contributed by atoms with van der Waals surface area (Å²) in [5, 5.41) is 12.9. The summed E-state index contributed by atoms with van der Waals surface area (Å²) in [4.78, 5) is 10.7. The first-order valence-corrected chi connectivity index (χ1v) is 9.33. The maximum atomic E-state index is 12.6. The summed E-state index contributed by atoms with van der Waals surface area (Å²) in [6.07, 6.45) is 1.37. The zero-order valence-electron chi connectivity index (χ0n) is 13.7. The van der Waals surface area contributed by atoms with E-state index in [1.54, 1.807) is 48.5 Å². The van der Waals surface area contributed by atoms with E-state index in [2.05, 4.69) is 9.82 Å². The topological polar surface area (TPSA) is 101 Å². The summed E-state index contributed by atoms with van der Waals surface area (Å²) < 4.78 is 29.1. The third-order valence-electron chi connectivity index (χ3n) is 3.73. The number of aliphatic carboxylic acids is 1. The van der Waals surface area contributed by atoms with E-state index >= 15 is 0 Å². The van der Waals surface area contributed by atoms with Crippen molar-refractivity contribution in [3.63, 3.8) is 0 Å². The van der Waals surface area contributed by atoms with Crippen molar-refractivity contribution in [2.24, 2.45) is 0 Å². The molecule has 3 rings (SSSR count). The van der Waals surface area contributed by atoms with E-state index in [4.69, 9.17) is 5.11 Å². The number of carboxylic acid groups (broad SMARTS) is 1. The minimum Gasteiger partial charge on any atom is -0.481 e. The zero-order valence-corrected chi connectivity index (χ0v) is 14.6. The Labute approximate surface area is 151 Å². The van der Waals surface area contributed by atoms with E-state index in [1.807, 2.05) is 6.07 Å². The van der Waals surface area contributed by atoms with Crippen molar-refractivity contribution in [1.82, 2.24) is 14.5 Å². The largest absolute Gasteiger partial charge is 0.481 e. The first kappa shape index (κ1) is 17.8. The summed E-state index contributed by atoms with van der Waals surface area (Å²) in [5.74, 6) is -0.910. The van der Waals surface area contributed by atoms with Crippen molar-refractivity contribution < 1.29 is 18.3 Å². The van der Waals surface area contributed by atoms with Crippen molar-refractivity contribution in [3.8, 4) is 5.69 Å². The van der Waals surface area contributed by atoms with Crippen LogP contribution in [0.2, 0.25) is 0 Å². The predicted molar refractivity (Wildman–Crippen MR) is 95.4 cm³/mol. The van der Waals surface area contributed by atoms with Crippen LogP contribution in [0.3, 0.4) is 0 Å². The summed E-state index contributed by atoms with van der Waals surface area (Å²) in [6, 6.07) is 17.2. The number of carboxylic acids is 1. The number of sulfonamides is 1. The molecule has 8 heteroatoms. The Morgan fingerprint density at radius 2 is 1.65 bits per heavy atom. The van der Waals surface area contributed by atoms with Crippen LogP contribution in [0.15, 0.2) is 71.9 Å². The van der Waals surface area contributed by atoms with Gasteiger partial charge in [-0.2, -0.15) is 5.10 Å². The van der Waals surface area contributed by atoms with Crippen LogP contribution < -0.4 is 4.72 Å². The van der Waals surface area contributed by atoms with E-state index in [0.717, 1.165) is 5.56 Å². The quantitative estimate of drug-likeness (QED) is 0.661. The lowest BCUT2D eigenvalue weighted by atomic mass is 10.1. The maximum Gasteiger partial charge on any atom is 0.307 e. The summed E-state index contributed by atoms with van der Waals surface area (Å²) in [6.45, 7) is 0.0929. The molecule has 0 fully saturated rings. The molecule has 0 saturated carbocycles. The Morgan fingerprint density at radius 1 is 1.00 bits per heavy atom. The minimum absolute atomic E-state index is 0.0474. The summed E-state index contributed by atoms with van der Waals surface area (Å²) in [5.41, 5.74) is 2.04. The number of nitrogens with zero attached hydrogens (tertiary/aromatic N) is 2. The molecule has 0 amide bonds. The summed E-state index contributed by atoms with van der Waals surface area (Å²) >= 11 is 0.